The smallest absolute Gasteiger partial charge is 0.239 e. The fourth-order valence-electron chi connectivity index (χ4n) is 1.94. The summed E-state index contributed by atoms with van der Waals surface area (Å²) in [7, 11) is 0. The molecule has 7 heteroatoms. The van der Waals surface area contributed by atoms with Gasteiger partial charge in [0.2, 0.25) is 17.7 Å². The highest BCUT2D eigenvalue weighted by Gasteiger charge is 2.21. The third kappa shape index (κ3) is 3.77. The number of hydrogen-bond donors (Lipinski definition) is 1. The predicted octanol–water partition coefficient (Wildman–Crippen LogP) is -0.0869. The van der Waals surface area contributed by atoms with Crippen LogP contribution in [0.2, 0.25) is 0 Å². The van der Waals surface area contributed by atoms with Gasteiger partial charge in [-0.2, -0.15) is 4.98 Å². The number of rotatable bonds is 5. The lowest BCUT2D eigenvalue weighted by Gasteiger charge is -2.26. The van der Waals surface area contributed by atoms with Gasteiger partial charge in [0.25, 0.3) is 0 Å². The Bertz CT molecular complexity index is 458. The van der Waals surface area contributed by atoms with E-state index in [1.165, 1.54) is 0 Å². The molecule has 1 aliphatic rings. The van der Waals surface area contributed by atoms with Crippen LogP contribution < -0.4 is 5.32 Å². The van der Waals surface area contributed by atoms with E-state index in [1.807, 2.05) is 6.92 Å². The van der Waals surface area contributed by atoms with Crippen LogP contribution in [0.15, 0.2) is 4.52 Å². The maximum atomic E-state index is 11.9. The highest BCUT2D eigenvalue weighted by Crippen LogP contribution is 2.05. The van der Waals surface area contributed by atoms with Crippen molar-refractivity contribution < 1.29 is 14.1 Å². The Morgan fingerprint density at radius 3 is 3.05 bits per heavy atom. The highest BCUT2D eigenvalue weighted by molar-refractivity contribution is 5.85. The molecule has 1 aromatic heterocycles. The van der Waals surface area contributed by atoms with E-state index < -0.39 is 0 Å². The summed E-state index contributed by atoms with van der Waals surface area (Å²) >= 11 is 0. The normalized spacial score (nSPS) is 15.4. The van der Waals surface area contributed by atoms with Crippen molar-refractivity contribution in [3.63, 3.8) is 0 Å². The first-order valence-corrected chi connectivity index (χ1v) is 6.55. The van der Waals surface area contributed by atoms with Crippen molar-refractivity contribution in [2.45, 2.75) is 32.6 Å². The number of carbonyl (C=O) groups excluding carboxylic acids is 2. The average Bonchev–Trinajstić information content (AvgIpc) is 2.84. The lowest BCUT2D eigenvalue weighted by Crippen LogP contribution is -2.50. The number of amides is 2. The summed E-state index contributed by atoms with van der Waals surface area (Å²) in [5.74, 6) is 1.01. The minimum Gasteiger partial charge on any atom is -0.353 e. The van der Waals surface area contributed by atoms with Crippen LogP contribution in [-0.4, -0.2) is 46.5 Å². The van der Waals surface area contributed by atoms with Crippen LogP contribution in [0.25, 0.3) is 0 Å². The van der Waals surface area contributed by atoms with Gasteiger partial charge in [-0.05, 0) is 6.42 Å². The summed E-state index contributed by atoms with van der Waals surface area (Å²) in [5, 5.41) is 6.52. The summed E-state index contributed by atoms with van der Waals surface area (Å²) in [6, 6.07) is 0. The second kappa shape index (κ2) is 6.31. The Kier molecular flexibility index (Phi) is 4.48. The molecule has 0 radical (unpaired) electrons. The largest absolute Gasteiger partial charge is 0.353 e. The number of piperazine rings is 1. The molecule has 0 saturated carbocycles. The molecule has 0 spiro atoms. The third-order valence-corrected chi connectivity index (χ3v) is 2.93. The molecule has 1 N–H and O–H groups in total. The first-order chi connectivity index (χ1) is 9.19. The van der Waals surface area contributed by atoms with Crippen LogP contribution in [0.1, 0.15) is 31.5 Å². The highest BCUT2D eigenvalue weighted by atomic mass is 16.5. The maximum Gasteiger partial charge on any atom is 0.239 e. The molecule has 0 unspecified atom stereocenters. The van der Waals surface area contributed by atoms with E-state index in [0.717, 1.165) is 12.8 Å². The van der Waals surface area contributed by atoms with Crippen molar-refractivity contribution in [1.82, 2.24) is 20.4 Å². The van der Waals surface area contributed by atoms with E-state index in [2.05, 4.69) is 15.5 Å². The summed E-state index contributed by atoms with van der Waals surface area (Å²) < 4.78 is 5.06. The summed E-state index contributed by atoms with van der Waals surface area (Å²) in [6.45, 7) is 3.27. The van der Waals surface area contributed by atoms with Crippen LogP contribution in [-0.2, 0) is 22.4 Å². The van der Waals surface area contributed by atoms with E-state index in [9.17, 15) is 9.59 Å². The van der Waals surface area contributed by atoms with Gasteiger partial charge in [-0.15, -0.1) is 0 Å². The molecule has 19 heavy (non-hydrogen) atoms. The predicted molar refractivity (Wildman–Crippen MR) is 66.2 cm³/mol. The first-order valence-electron chi connectivity index (χ1n) is 6.55. The molecular formula is C12H18N4O3. The lowest BCUT2D eigenvalue weighted by atomic mass is 10.2. The van der Waals surface area contributed by atoms with E-state index >= 15 is 0 Å². The Labute approximate surface area is 111 Å². The lowest BCUT2D eigenvalue weighted by molar-refractivity contribution is -0.138. The van der Waals surface area contributed by atoms with E-state index in [0.29, 0.717) is 37.6 Å². The van der Waals surface area contributed by atoms with Crippen molar-refractivity contribution in [3.8, 4) is 0 Å². The van der Waals surface area contributed by atoms with Crippen LogP contribution in [0.5, 0.6) is 0 Å². The van der Waals surface area contributed by atoms with Crippen molar-refractivity contribution >= 4 is 11.8 Å². The zero-order chi connectivity index (χ0) is 13.7. The van der Waals surface area contributed by atoms with Gasteiger partial charge in [-0.25, -0.2) is 0 Å². The average molecular weight is 266 g/mol. The first kappa shape index (κ1) is 13.5. The number of hydrogen-bond acceptors (Lipinski definition) is 5. The summed E-state index contributed by atoms with van der Waals surface area (Å²) in [6.07, 6.45) is 2.46. The summed E-state index contributed by atoms with van der Waals surface area (Å²) in [4.78, 5) is 28.8. The van der Waals surface area contributed by atoms with Gasteiger partial charge in [0, 0.05) is 32.4 Å². The van der Waals surface area contributed by atoms with Crippen LogP contribution in [0.4, 0.5) is 0 Å². The molecule has 2 heterocycles. The molecule has 1 saturated heterocycles. The number of nitrogens with one attached hydrogen (secondary N) is 1. The van der Waals surface area contributed by atoms with Gasteiger partial charge in [0.05, 0.1) is 6.54 Å². The maximum absolute atomic E-state index is 11.9. The van der Waals surface area contributed by atoms with Gasteiger partial charge >= 0.3 is 0 Å². The van der Waals surface area contributed by atoms with E-state index in [-0.39, 0.29) is 18.4 Å². The molecule has 1 fully saturated rings. The van der Waals surface area contributed by atoms with Crippen molar-refractivity contribution in [1.29, 1.82) is 0 Å². The quantitative estimate of drug-likeness (QED) is 0.805. The van der Waals surface area contributed by atoms with E-state index in [1.54, 1.807) is 4.90 Å². The van der Waals surface area contributed by atoms with E-state index in [4.69, 9.17) is 4.52 Å². The molecule has 1 aliphatic heterocycles. The number of carbonyl (C=O) groups is 2. The number of aromatic nitrogens is 2. The molecule has 1 aromatic rings. The minimum absolute atomic E-state index is 0.0508. The zero-order valence-electron chi connectivity index (χ0n) is 11.0. The van der Waals surface area contributed by atoms with Gasteiger partial charge in [0.15, 0.2) is 5.82 Å². The molecule has 2 amide bonds. The Balaban J connectivity index is 1.80. The monoisotopic (exact) mass is 266 g/mol. The molecule has 2 rings (SSSR count). The Hall–Kier alpha value is -1.92. The molecule has 0 bridgehead atoms. The third-order valence-electron chi connectivity index (χ3n) is 2.93. The van der Waals surface area contributed by atoms with Crippen LogP contribution in [0.3, 0.4) is 0 Å². The molecule has 0 atom stereocenters. The van der Waals surface area contributed by atoms with Crippen LogP contribution >= 0.6 is 0 Å². The minimum atomic E-state index is -0.109. The van der Waals surface area contributed by atoms with Gasteiger partial charge in [-0.3, -0.25) is 9.59 Å². The summed E-state index contributed by atoms with van der Waals surface area (Å²) in [5.41, 5.74) is 0. The topological polar surface area (TPSA) is 88.3 Å². The fraction of sp³-hybridized carbons (Fsp3) is 0.667. The van der Waals surface area contributed by atoms with Gasteiger partial charge in [0.1, 0.15) is 0 Å². The number of aryl methyl sites for hydroxylation is 2. The number of nitrogens with zero attached hydrogens (tertiary/aromatic N) is 3. The van der Waals surface area contributed by atoms with Crippen LogP contribution in [0, 0.1) is 0 Å². The van der Waals surface area contributed by atoms with Crippen molar-refractivity contribution in [3.05, 3.63) is 11.7 Å². The standard InChI is InChI=1S/C12H18N4O3/c1-2-3-9-14-11(19-15-9)4-5-12(18)16-7-6-13-10(17)8-16/h2-8H2,1H3,(H,13,17). The Morgan fingerprint density at radius 2 is 2.32 bits per heavy atom. The second-order valence-corrected chi connectivity index (χ2v) is 4.52. The SMILES string of the molecule is CCCc1noc(CCC(=O)N2CCNC(=O)C2)n1. The zero-order valence-corrected chi connectivity index (χ0v) is 11.0. The molecule has 104 valence electrons. The van der Waals surface area contributed by atoms with Crippen molar-refractivity contribution in [2.24, 2.45) is 0 Å². The molecule has 7 nitrogen and oxygen atoms in total. The van der Waals surface area contributed by atoms with Crippen molar-refractivity contribution in [2.75, 3.05) is 19.6 Å². The van der Waals surface area contributed by atoms with Gasteiger partial charge in [-0.1, -0.05) is 12.1 Å². The fourth-order valence-corrected chi connectivity index (χ4v) is 1.94. The Morgan fingerprint density at radius 1 is 1.47 bits per heavy atom. The van der Waals surface area contributed by atoms with Gasteiger partial charge < -0.3 is 14.7 Å². The molecule has 0 aromatic carbocycles. The molecular weight excluding hydrogens is 248 g/mol. The second-order valence-electron chi connectivity index (χ2n) is 4.52. The molecule has 0 aliphatic carbocycles.